The predicted molar refractivity (Wildman–Crippen MR) is 102 cm³/mol. The SMILES string of the molecule is COc1ccc(NC(=S)Nc2cccc3ccccc23)c(C)c1. The van der Waals surface area contributed by atoms with E-state index < -0.39 is 0 Å². The van der Waals surface area contributed by atoms with Crippen molar-refractivity contribution in [2.24, 2.45) is 0 Å². The molecule has 4 heteroatoms. The number of hydrogen-bond acceptors (Lipinski definition) is 2. The number of methoxy groups -OCH3 is 1. The summed E-state index contributed by atoms with van der Waals surface area (Å²) in [5, 5.41) is 9.41. The van der Waals surface area contributed by atoms with Crippen LogP contribution in [-0.2, 0) is 0 Å². The van der Waals surface area contributed by atoms with Gasteiger partial charge in [-0.3, -0.25) is 0 Å². The fraction of sp³-hybridized carbons (Fsp3) is 0.105. The Kier molecular flexibility index (Phi) is 4.44. The number of nitrogens with one attached hydrogen (secondary N) is 2. The molecule has 3 rings (SSSR count). The number of thiocarbonyl (C=S) groups is 1. The molecular weight excluding hydrogens is 304 g/mol. The van der Waals surface area contributed by atoms with Gasteiger partial charge in [0.25, 0.3) is 0 Å². The summed E-state index contributed by atoms with van der Waals surface area (Å²) in [5.41, 5.74) is 3.03. The van der Waals surface area contributed by atoms with Gasteiger partial charge in [-0.2, -0.15) is 0 Å². The molecule has 0 heterocycles. The lowest BCUT2D eigenvalue weighted by Crippen LogP contribution is -2.19. The Morgan fingerprint density at radius 3 is 2.43 bits per heavy atom. The van der Waals surface area contributed by atoms with Crippen LogP contribution in [0.3, 0.4) is 0 Å². The van der Waals surface area contributed by atoms with Gasteiger partial charge in [0.05, 0.1) is 7.11 Å². The third kappa shape index (κ3) is 3.43. The van der Waals surface area contributed by atoms with Gasteiger partial charge in [0, 0.05) is 16.8 Å². The monoisotopic (exact) mass is 322 g/mol. The van der Waals surface area contributed by atoms with Crippen molar-refractivity contribution in [3.8, 4) is 5.75 Å². The number of benzene rings is 3. The van der Waals surface area contributed by atoms with Gasteiger partial charge in [0.15, 0.2) is 5.11 Å². The molecule has 0 aliphatic carbocycles. The van der Waals surface area contributed by atoms with Crippen LogP contribution in [0.2, 0.25) is 0 Å². The second-order valence-electron chi connectivity index (χ2n) is 5.29. The summed E-state index contributed by atoms with van der Waals surface area (Å²) in [5.74, 6) is 0.834. The van der Waals surface area contributed by atoms with Gasteiger partial charge in [-0.1, -0.05) is 36.4 Å². The molecule has 0 fully saturated rings. The summed E-state index contributed by atoms with van der Waals surface area (Å²) in [6.07, 6.45) is 0. The molecule has 0 aliphatic heterocycles. The number of fused-ring (bicyclic) bond motifs is 1. The molecule has 0 bridgehead atoms. The maximum Gasteiger partial charge on any atom is 0.175 e. The average molecular weight is 322 g/mol. The maximum atomic E-state index is 5.45. The number of hydrogen-bond donors (Lipinski definition) is 2. The molecule has 0 aliphatic rings. The van der Waals surface area contributed by atoms with Gasteiger partial charge < -0.3 is 15.4 Å². The Balaban J connectivity index is 1.79. The van der Waals surface area contributed by atoms with Crippen LogP contribution in [0.4, 0.5) is 11.4 Å². The van der Waals surface area contributed by atoms with Crippen molar-refractivity contribution in [1.29, 1.82) is 0 Å². The third-order valence-electron chi connectivity index (χ3n) is 3.72. The van der Waals surface area contributed by atoms with Crippen LogP contribution in [0, 0.1) is 6.92 Å². The molecule has 0 saturated carbocycles. The standard InChI is InChI=1S/C19H18N2OS/c1-13-12-15(22-2)10-11-17(13)20-19(23)21-18-9-5-7-14-6-3-4-8-16(14)18/h3-12H,1-2H3,(H2,20,21,23). The van der Waals surface area contributed by atoms with Crippen molar-refractivity contribution in [3.63, 3.8) is 0 Å². The molecule has 3 aromatic carbocycles. The summed E-state index contributed by atoms with van der Waals surface area (Å²) in [6.45, 7) is 2.02. The summed E-state index contributed by atoms with van der Waals surface area (Å²) in [4.78, 5) is 0. The fourth-order valence-corrected chi connectivity index (χ4v) is 2.73. The lowest BCUT2D eigenvalue weighted by atomic mass is 10.1. The van der Waals surface area contributed by atoms with Crippen molar-refractivity contribution in [1.82, 2.24) is 0 Å². The first-order valence-electron chi connectivity index (χ1n) is 7.38. The average Bonchev–Trinajstić information content (AvgIpc) is 2.57. The molecule has 0 spiro atoms. The first-order chi connectivity index (χ1) is 11.2. The molecule has 3 aromatic rings. The largest absolute Gasteiger partial charge is 0.497 e. The van der Waals surface area contributed by atoms with Crippen molar-refractivity contribution >= 4 is 39.5 Å². The molecule has 3 nitrogen and oxygen atoms in total. The zero-order valence-electron chi connectivity index (χ0n) is 13.1. The predicted octanol–water partition coefficient (Wildman–Crippen LogP) is 4.97. The molecular formula is C19H18N2OS. The number of rotatable bonds is 3. The van der Waals surface area contributed by atoms with Gasteiger partial charge >= 0.3 is 0 Å². The van der Waals surface area contributed by atoms with Gasteiger partial charge in [-0.05, 0) is 54.4 Å². The maximum absolute atomic E-state index is 5.45. The molecule has 0 aromatic heterocycles. The first-order valence-corrected chi connectivity index (χ1v) is 7.78. The van der Waals surface area contributed by atoms with Gasteiger partial charge in [0.2, 0.25) is 0 Å². The van der Waals surface area contributed by atoms with E-state index in [1.165, 1.54) is 5.39 Å². The first kappa shape index (κ1) is 15.3. The smallest absolute Gasteiger partial charge is 0.175 e. The van der Waals surface area contributed by atoms with E-state index in [0.717, 1.165) is 28.1 Å². The van der Waals surface area contributed by atoms with Crippen molar-refractivity contribution < 1.29 is 4.74 Å². The van der Waals surface area contributed by atoms with E-state index in [1.54, 1.807) is 7.11 Å². The van der Waals surface area contributed by atoms with Gasteiger partial charge in [0.1, 0.15) is 5.75 Å². The van der Waals surface area contributed by atoms with Crippen LogP contribution in [0.15, 0.2) is 60.7 Å². The Morgan fingerprint density at radius 1 is 0.913 bits per heavy atom. The minimum absolute atomic E-state index is 0.564. The van der Waals surface area contributed by atoms with E-state index in [0.29, 0.717) is 5.11 Å². The van der Waals surface area contributed by atoms with Crippen molar-refractivity contribution in [2.45, 2.75) is 6.92 Å². The van der Waals surface area contributed by atoms with Crippen LogP contribution in [0.5, 0.6) is 5.75 Å². The second-order valence-corrected chi connectivity index (χ2v) is 5.69. The molecule has 23 heavy (non-hydrogen) atoms. The number of aryl methyl sites for hydroxylation is 1. The lowest BCUT2D eigenvalue weighted by Gasteiger charge is -2.14. The van der Waals surface area contributed by atoms with E-state index >= 15 is 0 Å². The molecule has 116 valence electrons. The van der Waals surface area contributed by atoms with Crippen molar-refractivity contribution in [3.05, 3.63) is 66.2 Å². The Morgan fingerprint density at radius 2 is 1.65 bits per heavy atom. The Hall–Kier alpha value is -2.59. The normalized spacial score (nSPS) is 10.3. The van der Waals surface area contributed by atoms with Crippen molar-refractivity contribution in [2.75, 3.05) is 17.7 Å². The quantitative estimate of drug-likeness (QED) is 0.667. The summed E-state index contributed by atoms with van der Waals surface area (Å²) in [7, 11) is 1.66. The zero-order valence-corrected chi connectivity index (χ0v) is 13.9. The molecule has 0 radical (unpaired) electrons. The fourth-order valence-electron chi connectivity index (χ4n) is 2.51. The lowest BCUT2D eigenvalue weighted by molar-refractivity contribution is 0.414. The molecule has 0 unspecified atom stereocenters. The van der Waals surface area contributed by atoms with E-state index in [4.69, 9.17) is 17.0 Å². The highest BCUT2D eigenvalue weighted by Crippen LogP contribution is 2.24. The topological polar surface area (TPSA) is 33.3 Å². The van der Waals surface area contributed by atoms with E-state index in [1.807, 2.05) is 49.4 Å². The molecule has 0 saturated heterocycles. The van der Waals surface area contributed by atoms with E-state index in [9.17, 15) is 0 Å². The Bertz CT molecular complexity index is 856. The van der Waals surface area contributed by atoms with Crippen LogP contribution in [-0.4, -0.2) is 12.2 Å². The highest BCUT2D eigenvalue weighted by Gasteiger charge is 2.05. The summed E-state index contributed by atoms with van der Waals surface area (Å²) < 4.78 is 5.22. The van der Waals surface area contributed by atoms with Crippen LogP contribution >= 0.6 is 12.2 Å². The molecule has 2 N–H and O–H groups in total. The number of anilines is 2. The van der Waals surface area contributed by atoms with Gasteiger partial charge in [-0.25, -0.2) is 0 Å². The number of ether oxygens (including phenoxy) is 1. The molecule has 0 atom stereocenters. The van der Waals surface area contributed by atoms with Gasteiger partial charge in [-0.15, -0.1) is 0 Å². The van der Waals surface area contributed by atoms with Crippen LogP contribution in [0.1, 0.15) is 5.56 Å². The highest BCUT2D eigenvalue weighted by atomic mass is 32.1. The zero-order chi connectivity index (χ0) is 16.2. The molecule has 0 amide bonds. The minimum atomic E-state index is 0.564. The van der Waals surface area contributed by atoms with Crippen LogP contribution < -0.4 is 15.4 Å². The van der Waals surface area contributed by atoms with E-state index in [2.05, 4.69) is 28.8 Å². The highest BCUT2D eigenvalue weighted by molar-refractivity contribution is 7.80. The second kappa shape index (κ2) is 6.67. The minimum Gasteiger partial charge on any atom is -0.497 e. The summed E-state index contributed by atoms with van der Waals surface area (Å²) >= 11 is 5.45. The van der Waals surface area contributed by atoms with E-state index in [-0.39, 0.29) is 0 Å². The van der Waals surface area contributed by atoms with Crippen LogP contribution in [0.25, 0.3) is 10.8 Å². The third-order valence-corrected chi connectivity index (χ3v) is 3.92. The summed E-state index contributed by atoms with van der Waals surface area (Å²) in [6, 6.07) is 20.2. The Labute approximate surface area is 141 Å².